The Hall–Kier alpha value is -3.47. The molecule has 3 heterocycles. The minimum absolute atomic E-state index is 0.0542. The van der Waals surface area contributed by atoms with Crippen molar-refractivity contribution < 1.29 is 14.4 Å². The van der Waals surface area contributed by atoms with Crippen LogP contribution >= 0.6 is 11.8 Å². The summed E-state index contributed by atoms with van der Waals surface area (Å²) in [7, 11) is 0. The lowest BCUT2D eigenvalue weighted by atomic mass is 10.1. The Morgan fingerprint density at radius 3 is 2.87 bits per heavy atom. The van der Waals surface area contributed by atoms with Crippen LogP contribution in [0.15, 0.2) is 35.7 Å². The molecule has 4 amide bonds. The Morgan fingerprint density at radius 1 is 1.27 bits per heavy atom. The van der Waals surface area contributed by atoms with Crippen LogP contribution in [-0.2, 0) is 9.59 Å². The van der Waals surface area contributed by atoms with Crippen molar-refractivity contribution >= 4 is 40.6 Å². The standard InChI is InChI=1S/C19H19N7O3S/c1-10-3-4-12(5-11(10)2)26-16-13(6-23-26)18(22-9-21-16)30-8-15(27)24-14-7-20-19(29)25-17(14)28/h3-6,9,14H,7-8H2,1-2H3,(H,24,27)(H2,20,25,28,29). The molecule has 11 heteroatoms. The lowest BCUT2D eigenvalue weighted by Crippen LogP contribution is -2.61. The highest BCUT2D eigenvalue weighted by atomic mass is 32.2. The molecule has 1 aliphatic heterocycles. The van der Waals surface area contributed by atoms with Gasteiger partial charge in [-0.25, -0.2) is 19.4 Å². The topological polar surface area (TPSA) is 131 Å². The summed E-state index contributed by atoms with van der Waals surface area (Å²) in [4.78, 5) is 43.7. The first-order valence-corrected chi connectivity index (χ1v) is 10.2. The van der Waals surface area contributed by atoms with Gasteiger partial charge in [-0.15, -0.1) is 0 Å². The van der Waals surface area contributed by atoms with E-state index in [1.54, 1.807) is 10.9 Å². The van der Waals surface area contributed by atoms with Gasteiger partial charge < -0.3 is 10.6 Å². The van der Waals surface area contributed by atoms with Crippen molar-refractivity contribution in [1.82, 2.24) is 35.7 Å². The van der Waals surface area contributed by atoms with Gasteiger partial charge in [0.2, 0.25) is 5.91 Å². The lowest BCUT2D eigenvalue weighted by molar-refractivity contribution is -0.127. The maximum Gasteiger partial charge on any atom is 0.321 e. The Labute approximate surface area is 175 Å². The molecule has 1 unspecified atom stereocenters. The molecule has 0 saturated carbocycles. The second-order valence-corrected chi connectivity index (χ2v) is 7.81. The van der Waals surface area contributed by atoms with E-state index in [1.807, 2.05) is 32.0 Å². The van der Waals surface area contributed by atoms with Gasteiger partial charge >= 0.3 is 6.03 Å². The number of aryl methyl sites for hydroxylation is 2. The maximum absolute atomic E-state index is 12.3. The van der Waals surface area contributed by atoms with Crippen LogP contribution in [-0.4, -0.2) is 55.9 Å². The zero-order valence-corrected chi connectivity index (χ0v) is 17.1. The Balaban J connectivity index is 1.48. The van der Waals surface area contributed by atoms with Crippen molar-refractivity contribution in [2.75, 3.05) is 12.3 Å². The minimum atomic E-state index is -0.797. The molecule has 0 radical (unpaired) electrons. The molecule has 1 aliphatic rings. The number of carbonyl (C=O) groups excluding carboxylic acids is 3. The normalized spacial score (nSPS) is 16.3. The Kier molecular flexibility index (Phi) is 5.36. The zero-order chi connectivity index (χ0) is 21.3. The lowest BCUT2D eigenvalue weighted by Gasteiger charge is -2.22. The van der Waals surface area contributed by atoms with Crippen LogP contribution in [0.4, 0.5) is 4.79 Å². The molecule has 0 aliphatic carbocycles. The van der Waals surface area contributed by atoms with Crippen molar-refractivity contribution in [2.24, 2.45) is 0 Å². The summed E-state index contributed by atoms with van der Waals surface area (Å²) < 4.78 is 1.74. The molecular weight excluding hydrogens is 406 g/mol. The van der Waals surface area contributed by atoms with Crippen molar-refractivity contribution in [1.29, 1.82) is 0 Å². The SMILES string of the molecule is Cc1ccc(-n2ncc3c(SCC(=O)NC4CNC(=O)NC4=O)ncnc32)cc1C. The minimum Gasteiger partial charge on any atom is -0.342 e. The van der Waals surface area contributed by atoms with E-state index in [4.69, 9.17) is 0 Å². The molecule has 154 valence electrons. The van der Waals surface area contributed by atoms with Gasteiger partial charge in [-0.2, -0.15) is 5.10 Å². The number of rotatable bonds is 5. The first kappa shape index (κ1) is 19.8. The maximum atomic E-state index is 12.3. The molecule has 4 rings (SSSR count). The third-order valence-electron chi connectivity index (χ3n) is 4.76. The summed E-state index contributed by atoms with van der Waals surface area (Å²) in [5.74, 6) is -0.820. The largest absolute Gasteiger partial charge is 0.342 e. The Morgan fingerprint density at radius 2 is 2.10 bits per heavy atom. The van der Waals surface area contributed by atoms with Crippen LogP contribution in [0.3, 0.4) is 0 Å². The molecule has 3 N–H and O–H groups in total. The summed E-state index contributed by atoms with van der Waals surface area (Å²) in [6.07, 6.45) is 3.11. The quantitative estimate of drug-likeness (QED) is 0.408. The van der Waals surface area contributed by atoms with Crippen LogP contribution in [0.2, 0.25) is 0 Å². The van der Waals surface area contributed by atoms with Crippen LogP contribution < -0.4 is 16.0 Å². The predicted octanol–water partition coefficient (Wildman–Crippen LogP) is 0.849. The molecule has 1 fully saturated rings. The van der Waals surface area contributed by atoms with E-state index >= 15 is 0 Å². The number of hydrogen-bond donors (Lipinski definition) is 3. The second-order valence-electron chi connectivity index (χ2n) is 6.85. The van der Waals surface area contributed by atoms with Crippen molar-refractivity contribution in [2.45, 2.75) is 24.9 Å². The number of benzene rings is 1. The highest BCUT2D eigenvalue weighted by Crippen LogP contribution is 2.26. The predicted molar refractivity (Wildman–Crippen MR) is 110 cm³/mol. The van der Waals surface area contributed by atoms with Gasteiger partial charge in [0.1, 0.15) is 17.4 Å². The second kappa shape index (κ2) is 8.11. The summed E-state index contributed by atoms with van der Waals surface area (Å²) in [6.45, 7) is 4.14. The van der Waals surface area contributed by atoms with E-state index in [0.29, 0.717) is 10.7 Å². The number of fused-ring (bicyclic) bond motifs is 1. The number of nitrogens with one attached hydrogen (secondary N) is 3. The highest BCUT2D eigenvalue weighted by Gasteiger charge is 2.27. The molecule has 0 bridgehead atoms. The van der Waals surface area contributed by atoms with Crippen LogP contribution in [0, 0.1) is 13.8 Å². The fraction of sp³-hybridized carbons (Fsp3) is 0.263. The number of amides is 4. The van der Waals surface area contributed by atoms with Crippen LogP contribution in [0.25, 0.3) is 16.7 Å². The van der Waals surface area contributed by atoms with Gasteiger partial charge in [0.05, 0.1) is 23.0 Å². The highest BCUT2D eigenvalue weighted by molar-refractivity contribution is 8.00. The molecule has 0 spiro atoms. The number of carbonyl (C=O) groups is 3. The molecule has 1 atom stereocenters. The fourth-order valence-electron chi connectivity index (χ4n) is 3.00. The van der Waals surface area contributed by atoms with Gasteiger partial charge in [-0.3, -0.25) is 14.9 Å². The average molecular weight is 425 g/mol. The van der Waals surface area contributed by atoms with E-state index in [-0.39, 0.29) is 18.2 Å². The molecule has 3 aromatic rings. The first-order chi connectivity index (χ1) is 14.4. The molecule has 10 nitrogen and oxygen atoms in total. The number of thioether (sulfide) groups is 1. The Bertz CT molecular complexity index is 1160. The van der Waals surface area contributed by atoms with Gasteiger partial charge in [-0.05, 0) is 37.1 Å². The van der Waals surface area contributed by atoms with E-state index < -0.39 is 18.0 Å². The third kappa shape index (κ3) is 3.96. The van der Waals surface area contributed by atoms with Crippen molar-refractivity contribution in [3.05, 3.63) is 41.9 Å². The number of hydrogen-bond acceptors (Lipinski definition) is 7. The van der Waals surface area contributed by atoms with Crippen LogP contribution in [0.5, 0.6) is 0 Å². The third-order valence-corrected chi connectivity index (χ3v) is 5.76. The number of aromatic nitrogens is 4. The van der Waals surface area contributed by atoms with E-state index in [2.05, 4.69) is 31.0 Å². The fourth-order valence-corrected chi connectivity index (χ4v) is 3.77. The monoisotopic (exact) mass is 425 g/mol. The molecular formula is C19H19N7O3S. The summed E-state index contributed by atoms with van der Waals surface area (Å²) >= 11 is 1.23. The summed E-state index contributed by atoms with van der Waals surface area (Å²) in [6, 6.07) is 4.68. The smallest absolute Gasteiger partial charge is 0.321 e. The number of imide groups is 1. The van der Waals surface area contributed by atoms with E-state index in [1.165, 1.54) is 23.7 Å². The molecule has 2 aromatic heterocycles. The van der Waals surface area contributed by atoms with Crippen molar-refractivity contribution in [3.8, 4) is 5.69 Å². The van der Waals surface area contributed by atoms with Gasteiger partial charge in [0.15, 0.2) is 5.65 Å². The first-order valence-electron chi connectivity index (χ1n) is 9.19. The van der Waals surface area contributed by atoms with Gasteiger partial charge in [0, 0.05) is 6.54 Å². The van der Waals surface area contributed by atoms with Crippen LogP contribution in [0.1, 0.15) is 11.1 Å². The van der Waals surface area contributed by atoms with E-state index in [0.717, 1.165) is 16.6 Å². The number of nitrogens with zero attached hydrogens (tertiary/aromatic N) is 4. The van der Waals surface area contributed by atoms with Gasteiger partial charge in [0.25, 0.3) is 5.91 Å². The number of urea groups is 1. The molecule has 1 saturated heterocycles. The molecule has 1 aromatic carbocycles. The average Bonchev–Trinajstić information content (AvgIpc) is 3.15. The van der Waals surface area contributed by atoms with Gasteiger partial charge in [-0.1, -0.05) is 17.8 Å². The summed E-state index contributed by atoms with van der Waals surface area (Å²) in [5.41, 5.74) is 3.88. The van der Waals surface area contributed by atoms with Crippen molar-refractivity contribution in [3.63, 3.8) is 0 Å². The zero-order valence-electron chi connectivity index (χ0n) is 16.3. The summed E-state index contributed by atoms with van der Waals surface area (Å²) in [5, 5.41) is 13.0. The molecule has 30 heavy (non-hydrogen) atoms. The van der Waals surface area contributed by atoms with E-state index in [9.17, 15) is 14.4 Å².